The molecule has 0 bridgehead atoms. The van der Waals surface area contributed by atoms with Crippen LogP contribution < -0.4 is 15.5 Å². The van der Waals surface area contributed by atoms with Gasteiger partial charge in [-0.15, -0.1) is 0 Å². The number of amides is 2. The molecule has 0 saturated carbocycles. The summed E-state index contributed by atoms with van der Waals surface area (Å²) < 4.78 is 0. The van der Waals surface area contributed by atoms with E-state index < -0.39 is 0 Å². The van der Waals surface area contributed by atoms with Crippen LogP contribution >= 0.6 is 0 Å². The lowest BCUT2D eigenvalue weighted by Crippen LogP contribution is -2.52. The first-order valence-corrected chi connectivity index (χ1v) is 10.9. The van der Waals surface area contributed by atoms with Crippen LogP contribution in [0, 0.1) is 0 Å². The predicted octanol–water partition coefficient (Wildman–Crippen LogP) is 2.93. The van der Waals surface area contributed by atoms with Crippen molar-refractivity contribution in [2.45, 2.75) is 64.0 Å². The maximum absolute atomic E-state index is 11.9. The number of hydrogen-bond donors (Lipinski definition) is 2. The van der Waals surface area contributed by atoms with Crippen LogP contribution in [0.2, 0.25) is 0 Å². The summed E-state index contributed by atoms with van der Waals surface area (Å²) in [6.45, 7) is 6.72. The molecule has 3 aliphatic rings. The van der Waals surface area contributed by atoms with Gasteiger partial charge in [0.05, 0.1) is 0 Å². The van der Waals surface area contributed by atoms with Gasteiger partial charge >= 0.3 is 6.03 Å². The number of piperidine rings is 2. The monoisotopic (exact) mass is 370 g/mol. The van der Waals surface area contributed by atoms with Crippen molar-refractivity contribution < 1.29 is 4.79 Å². The van der Waals surface area contributed by atoms with Crippen LogP contribution in [0.25, 0.3) is 0 Å². The smallest absolute Gasteiger partial charge is 0.317 e. The summed E-state index contributed by atoms with van der Waals surface area (Å²) in [7, 11) is 0. The van der Waals surface area contributed by atoms with Crippen molar-refractivity contribution in [3.05, 3.63) is 29.3 Å². The molecule has 0 atom stereocenters. The Balaban J connectivity index is 1.22. The third kappa shape index (κ3) is 4.40. The molecular weight excluding hydrogens is 336 g/mol. The minimum Gasteiger partial charge on any atom is -0.371 e. The highest BCUT2D eigenvalue weighted by molar-refractivity contribution is 5.74. The molecule has 0 spiro atoms. The number of urea groups is 1. The minimum atomic E-state index is 0.0959. The molecule has 148 valence electrons. The van der Waals surface area contributed by atoms with Gasteiger partial charge in [-0.05, 0) is 75.1 Å². The van der Waals surface area contributed by atoms with Crippen LogP contribution in [-0.4, -0.2) is 55.7 Å². The third-order valence-corrected chi connectivity index (χ3v) is 6.52. The Hall–Kier alpha value is -1.75. The van der Waals surface area contributed by atoms with Gasteiger partial charge in [-0.25, -0.2) is 4.79 Å². The van der Waals surface area contributed by atoms with E-state index in [0.29, 0.717) is 18.6 Å². The number of nitrogens with zero attached hydrogens (tertiary/aromatic N) is 2. The first-order chi connectivity index (χ1) is 13.2. The van der Waals surface area contributed by atoms with E-state index in [9.17, 15) is 4.79 Å². The fourth-order valence-corrected chi connectivity index (χ4v) is 4.90. The van der Waals surface area contributed by atoms with Gasteiger partial charge in [-0.2, -0.15) is 0 Å². The number of carbonyl (C=O) groups is 1. The molecule has 0 unspecified atom stereocenters. The highest BCUT2D eigenvalue weighted by Gasteiger charge is 2.26. The van der Waals surface area contributed by atoms with Gasteiger partial charge in [0.1, 0.15) is 0 Å². The molecule has 2 amide bonds. The fourth-order valence-electron chi connectivity index (χ4n) is 4.90. The molecule has 2 heterocycles. The van der Waals surface area contributed by atoms with Gasteiger partial charge in [-0.3, -0.25) is 0 Å². The van der Waals surface area contributed by atoms with Crippen molar-refractivity contribution in [2.24, 2.45) is 0 Å². The zero-order chi connectivity index (χ0) is 18.6. The number of aryl methyl sites for hydroxylation is 2. The number of benzene rings is 1. The van der Waals surface area contributed by atoms with E-state index in [0.717, 1.165) is 39.0 Å². The van der Waals surface area contributed by atoms with Crippen molar-refractivity contribution in [1.82, 2.24) is 15.5 Å². The molecular formula is C22H34N4O. The molecule has 1 aromatic rings. The maximum Gasteiger partial charge on any atom is 0.317 e. The van der Waals surface area contributed by atoms with Crippen LogP contribution in [-0.2, 0) is 12.8 Å². The first kappa shape index (κ1) is 18.6. The second-order valence-electron chi connectivity index (χ2n) is 8.33. The SMILES string of the molecule is CCNC(=O)N1CCC(NC2CCN(c3ccc4c(c3)CCC4)CC2)CC1. The molecule has 0 aromatic heterocycles. The van der Waals surface area contributed by atoms with E-state index in [1.54, 1.807) is 11.1 Å². The lowest BCUT2D eigenvalue weighted by molar-refractivity contribution is 0.172. The summed E-state index contributed by atoms with van der Waals surface area (Å²) in [5, 5.41) is 6.79. The van der Waals surface area contributed by atoms with E-state index in [-0.39, 0.29) is 6.03 Å². The normalized spacial score (nSPS) is 21.4. The quantitative estimate of drug-likeness (QED) is 0.857. The number of rotatable bonds is 4. The zero-order valence-electron chi connectivity index (χ0n) is 16.7. The number of carbonyl (C=O) groups excluding carboxylic acids is 1. The van der Waals surface area contributed by atoms with Crippen molar-refractivity contribution in [3.63, 3.8) is 0 Å². The van der Waals surface area contributed by atoms with Gasteiger partial charge < -0.3 is 20.4 Å². The standard InChI is InChI=1S/C22H34N4O/c1-2-23-22(27)26-14-10-20(11-15-26)24-19-8-12-25(13-9-19)21-7-6-17-4-3-5-18(17)16-21/h6-7,16,19-20,24H,2-5,8-15H2,1H3,(H,23,27). The molecule has 2 saturated heterocycles. The third-order valence-electron chi connectivity index (χ3n) is 6.52. The van der Waals surface area contributed by atoms with Crippen LogP contribution in [0.1, 0.15) is 50.2 Å². The average Bonchev–Trinajstić information content (AvgIpc) is 3.17. The van der Waals surface area contributed by atoms with E-state index in [2.05, 4.69) is 33.7 Å². The Labute approximate surface area is 163 Å². The molecule has 5 heteroatoms. The number of fused-ring (bicyclic) bond motifs is 1. The van der Waals surface area contributed by atoms with Crippen LogP contribution in [0.3, 0.4) is 0 Å². The van der Waals surface area contributed by atoms with Crippen molar-refractivity contribution >= 4 is 11.7 Å². The Morgan fingerprint density at radius 3 is 2.37 bits per heavy atom. The molecule has 1 aromatic carbocycles. The molecule has 1 aliphatic carbocycles. The Morgan fingerprint density at radius 2 is 1.67 bits per heavy atom. The van der Waals surface area contributed by atoms with Gasteiger partial charge in [-0.1, -0.05) is 6.07 Å². The summed E-state index contributed by atoms with van der Waals surface area (Å²) in [4.78, 5) is 16.4. The Morgan fingerprint density at radius 1 is 1.00 bits per heavy atom. The second kappa shape index (κ2) is 8.51. The molecule has 4 rings (SSSR count). The summed E-state index contributed by atoms with van der Waals surface area (Å²) in [5.41, 5.74) is 4.56. The highest BCUT2D eigenvalue weighted by atomic mass is 16.2. The van der Waals surface area contributed by atoms with Gasteiger partial charge in [0.15, 0.2) is 0 Å². The van der Waals surface area contributed by atoms with Gasteiger partial charge in [0.2, 0.25) is 0 Å². The minimum absolute atomic E-state index is 0.0959. The molecule has 2 fully saturated rings. The molecule has 27 heavy (non-hydrogen) atoms. The molecule has 0 radical (unpaired) electrons. The van der Waals surface area contributed by atoms with Crippen molar-refractivity contribution in [3.8, 4) is 0 Å². The summed E-state index contributed by atoms with van der Waals surface area (Å²) in [6.07, 6.45) is 8.42. The number of hydrogen-bond acceptors (Lipinski definition) is 3. The summed E-state index contributed by atoms with van der Waals surface area (Å²) in [6, 6.07) is 8.40. The Kier molecular flexibility index (Phi) is 5.86. The highest BCUT2D eigenvalue weighted by Crippen LogP contribution is 2.28. The average molecular weight is 371 g/mol. The zero-order valence-corrected chi connectivity index (χ0v) is 16.7. The number of nitrogens with one attached hydrogen (secondary N) is 2. The van der Waals surface area contributed by atoms with E-state index in [4.69, 9.17) is 0 Å². The number of likely N-dealkylation sites (tertiary alicyclic amines) is 1. The van der Waals surface area contributed by atoms with Crippen LogP contribution in [0.5, 0.6) is 0 Å². The van der Waals surface area contributed by atoms with Crippen molar-refractivity contribution in [2.75, 3.05) is 37.6 Å². The van der Waals surface area contributed by atoms with E-state index >= 15 is 0 Å². The van der Waals surface area contributed by atoms with E-state index in [1.165, 1.54) is 37.8 Å². The summed E-state index contributed by atoms with van der Waals surface area (Å²) in [5.74, 6) is 0. The lowest BCUT2D eigenvalue weighted by Gasteiger charge is -2.38. The van der Waals surface area contributed by atoms with Gasteiger partial charge in [0, 0.05) is 50.5 Å². The lowest BCUT2D eigenvalue weighted by atomic mass is 9.99. The Bertz CT molecular complexity index is 646. The summed E-state index contributed by atoms with van der Waals surface area (Å²) >= 11 is 0. The number of anilines is 1. The van der Waals surface area contributed by atoms with Crippen LogP contribution in [0.4, 0.5) is 10.5 Å². The fraction of sp³-hybridized carbons (Fsp3) is 0.682. The topological polar surface area (TPSA) is 47.6 Å². The maximum atomic E-state index is 11.9. The predicted molar refractivity (Wildman–Crippen MR) is 111 cm³/mol. The molecule has 2 N–H and O–H groups in total. The van der Waals surface area contributed by atoms with E-state index in [1.807, 2.05) is 11.8 Å². The van der Waals surface area contributed by atoms with Crippen LogP contribution in [0.15, 0.2) is 18.2 Å². The largest absolute Gasteiger partial charge is 0.371 e. The van der Waals surface area contributed by atoms with Crippen molar-refractivity contribution in [1.29, 1.82) is 0 Å². The van der Waals surface area contributed by atoms with Gasteiger partial charge in [0.25, 0.3) is 0 Å². The first-order valence-electron chi connectivity index (χ1n) is 10.9. The molecule has 5 nitrogen and oxygen atoms in total. The molecule has 2 aliphatic heterocycles. The second-order valence-corrected chi connectivity index (χ2v) is 8.33.